The molecule has 0 spiro atoms. The third-order valence-corrected chi connectivity index (χ3v) is 5.82. The van der Waals surface area contributed by atoms with Gasteiger partial charge in [-0.3, -0.25) is 9.59 Å². The van der Waals surface area contributed by atoms with Crippen molar-refractivity contribution in [2.75, 3.05) is 17.3 Å². The summed E-state index contributed by atoms with van der Waals surface area (Å²) in [5.41, 5.74) is 1.90. The molecule has 0 bridgehead atoms. The lowest BCUT2D eigenvalue weighted by atomic mass is 9.83. The number of hydrogen-bond donors (Lipinski definition) is 1. The van der Waals surface area contributed by atoms with E-state index in [1.807, 2.05) is 0 Å². The minimum atomic E-state index is -0.593. The maximum Gasteiger partial charge on any atom is 0.229 e. The van der Waals surface area contributed by atoms with Gasteiger partial charge < -0.3 is 15.0 Å². The van der Waals surface area contributed by atoms with Crippen molar-refractivity contribution in [3.8, 4) is 5.75 Å². The second-order valence-corrected chi connectivity index (χ2v) is 8.04. The molecule has 1 aliphatic heterocycles. The Morgan fingerprint density at radius 3 is 2.47 bits per heavy atom. The smallest absolute Gasteiger partial charge is 0.229 e. The zero-order chi connectivity index (χ0) is 22.7. The third-order valence-electron chi connectivity index (χ3n) is 5.59. The number of methoxy groups -OCH3 is 1. The Morgan fingerprint density at radius 1 is 1.09 bits per heavy atom. The molecule has 0 unspecified atom stereocenters. The Kier molecular flexibility index (Phi) is 6.42. The van der Waals surface area contributed by atoms with Gasteiger partial charge in [0.1, 0.15) is 11.6 Å². The molecule has 1 heterocycles. The number of benzene rings is 3. The zero-order valence-electron chi connectivity index (χ0n) is 17.4. The standard InChI is InChI=1S/C25H22ClFN2O3/c1-32-21-11-9-20(10-12-21)29-23(30)14-13-22(24(29)16-5-7-18(27)8-6-16)25(31)28-19-4-2-3-17(26)15-19/h2-12,15,22,24H,13-14H2,1H3,(H,28,31)/t22-,24-/m1/s1. The average Bonchev–Trinajstić information content (AvgIpc) is 2.79. The first kappa shape index (κ1) is 21.8. The van der Waals surface area contributed by atoms with Gasteiger partial charge in [0.05, 0.1) is 19.1 Å². The molecular formula is C25H22ClFN2O3. The van der Waals surface area contributed by atoms with E-state index < -0.39 is 12.0 Å². The Balaban J connectivity index is 1.73. The lowest BCUT2D eigenvalue weighted by Crippen LogP contribution is -2.47. The van der Waals surface area contributed by atoms with Crippen LogP contribution in [-0.2, 0) is 9.59 Å². The molecule has 164 valence electrons. The van der Waals surface area contributed by atoms with Crippen LogP contribution in [0, 0.1) is 11.7 Å². The second-order valence-electron chi connectivity index (χ2n) is 7.60. The Labute approximate surface area is 190 Å². The fourth-order valence-electron chi connectivity index (χ4n) is 4.06. The minimum Gasteiger partial charge on any atom is -0.497 e. The predicted octanol–water partition coefficient (Wildman–Crippen LogP) is 5.61. The van der Waals surface area contributed by atoms with Crippen LogP contribution in [0.5, 0.6) is 5.75 Å². The quantitative estimate of drug-likeness (QED) is 0.547. The Bertz CT molecular complexity index is 1120. The number of anilines is 2. The second kappa shape index (κ2) is 9.40. The minimum absolute atomic E-state index is 0.101. The molecule has 7 heteroatoms. The van der Waals surface area contributed by atoms with Crippen LogP contribution >= 0.6 is 11.6 Å². The van der Waals surface area contributed by atoms with Crippen molar-refractivity contribution in [3.05, 3.63) is 89.2 Å². The van der Waals surface area contributed by atoms with Gasteiger partial charge in [-0.05, 0) is 66.6 Å². The summed E-state index contributed by atoms with van der Waals surface area (Å²) in [7, 11) is 1.57. The first-order valence-corrected chi connectivity index (χ1v) is 10.6. The SMILES string of the molecule is COc1ccc(N2C(=O)CC[C@@H](C(=O)Nc3cccc(Cl)c3)[C@H]2c2ccc(F)cc2)cc1. The summed E-state index contributed by atoms with van der Waals surface area (Å²) < 4.78 is 18.9. The van der Waals surface area contributed by atoms with Gasteiger partial charge in [0.25, 0.3) is 0 Å². The molecular weight excluding hydrogens is 431 g/mol. The van der Waals surface area contributed by atoms with E-state index in [9.17, 15) is 14.0 Å². The molecule has 1 N–H and O–H groups in total. The number of rotatable bonds is 5. The predicted molar refractivity (Wildman–Crippen MR) is 122 cm³/mol. The summed E-state index contributed by atoms with van der Waals surface area (Å²) in [5, 5.41) is 3.42. The number of amides is 2. The summed E-state index contributed by atoms with van der Waals surface area (Å²) in [6, 6.07) is 19.3. The summed E-state index contributed by atoms with van der Waals surface area (Å²) in [6.45, 7) is 0. The lowest BCUT2D eigenvalue weighted by molar-refractivity contribution is -0.125. The highest BCUT2D eigenvalue weighted by molar-refractivity contribution is 6.30. The molecule has 2 amide bonds. The topological polar surface area (TPSA) is 58.6 Å². The highest BCUT2D eigenvalue weighted by Crippen LogP contribution is 2.41. The maximum atomic E-state index is 13.6. The monoisotopic (exact) mass is 452 g/mol. The molecule has 0 aliphatic carbocycles. The molecule has 1 fully saturated rings. The van der Waals surface area contributed by atoms with E-state index in [1.165, 1.54) is 12.1 Å². The summed E-state index contributed by atoms with van der Waals surface area (Å²) >= 11 is 6.05. The van der Waals surface area contributed by atoms with Gasteiger partial charge in [-0.25, -0.2) is 4.39 Å². The molecule has 32 heavy (non-hydrogen) atoms. The number of carbonyl (C=O) groups excluding carboxylic acids is 2. The van der Waals surface area contributed by atoms with Gasteiger partial charge >= 0.3 is 0 Å². The highest BCUT2D eigenvalue weighted by Gasteiger charge is 2.41. The van der Waals surface area contributed by atoms with Crippen molar-refractivity contribution in [3.63, 3.8) is 0 Å². The maximum absolute atomic E-state index is 13.6. The van der Waals surface area contributed by atoms with Gasteiger partial charge in [0, 0.05) is 22.8 Å². The molecule has 3 aromatic carbocycles. The molecule has 5 nitrogen and oxygen atoms in total. The number of piperidine rings is 1. The number of halogens is 2. The fraction of sp³-hybridized carbons (Fsp3) is 0.200. The van der Waals surface area contributed by atoms with Gasteiger partial charge in [-0.15, -0.1) is 0 Å². The lowest BCUT2D eigenvalue weighted by Gasteiger charge is -2.41. The van der Waals surface area contributed by atoms with Crippen LogP contribution in [0.25, 0.3) is 0 Å². The molecule has 1 aliphatic rings. The van der Waals surface area contributed by atoms with Gasteiger partial charge in [-0.1, -0.05) is 29.8 Å². The van der Waals surface area contributed by atoms with E-state index in [0.717, 1.165) is 0 Å². The van der Waals surface area contributed by atoms with Gasteiger partial charge in [0.15, 0.2) is 0 Å². The van der Waals surface area contributed by atoms with Crippen molar-refractivity contribution < 1.29 is 18.7 Å². The summed E-state index contributed by atoms with van der Waals surface area (Å²) in [6.07, 6.45) is 0.595. The number of nitrogens with zero attached hydrogens (tertiary/aromatic N) is 1. The van der Waals surface area contributed by atoms with Crippen LogP contribution in [0.15, 0.2) is 72.8 Å². The molecule has 0 aromatic heterocycles. The van der Waals surface area contributed by atoms with Crippen molar-refractivity contribution in [1.82, 2.24) is 0 Å². The van der Waals surface area contributed by atoms with Gasteiger partial charge in [0.2, 0.25) is 11.8 Å². The van der Waals surface area contributed by atoms with E-state index >= 15 is 0 Å². The first-order chi connectivity index (χ1) is 15.5. The number of carbonyl (C=O) groups is 2. The van der Waals surface area contributed by atoms with Crippen molar-refractivity contribution in [1.29, 1.82) is 0 Å². The van der Waals surface area contributed by atoms with Crippen molar-refractivity contribution >= 4 is 34.8 Å². The number of nitrogens with one attached hydrogen (secondary N) is 1. The van der Waals surface area contributed by atoms with E-state index in [4.69, 9.17) is 16.3 Å². The molecule has 4 rings (SSSR count). The first-order valence-electron chi connectivity index (χ1n) is 10.2. The van der Waals surface area contributed by atoms with Crippen LogP contribution in [0.2, 0.25) is 5.02 Å². The Hall–Kier alpha value is -3.38. The molecule has 3 aromatic rings. The molecule has 2 atom stereocenters. The van der Waals surface area contributed by atoms with E-state index in [1.54, 1.807) is 72.7 Å². The van der Waals surface area contributed by atoms with Crippen molar-refractivity contribution in [2.24, 2.45) is 5.92 Å². The largest absolute Gasteiger partial charge is 0.497 e. The van der Waals surface area contributed by atoms with Crippen LogP contribution in [-0.4, -0.2) is 18.9 Å². The van der Waals surface area contributed by atoms with E-state index in [2.05, 4.69) is 5.32 Å². The highest BCUT2D eigenvalue weighted by atomic mass is 35.5. The zero-order valence-corrected chi connectivity index (χ0v) is 18.2. The average molecular weight is 453 g/mol. The molecule has 0 radical (unpaired) electrons. The summed E-state index contributed by atoms with van der Waals surface area (Å²) in [5.74, 6) is -0.596. The van der Waals surface area contributed by atoms with Crippen LogP contribution in [0.1, 0.15) is 24.4 Å². The molecule has 1 saturated heterocycles. The van der Waals surface area contributed by atoms with E-state index in [0.29, 0.717) is 34.1 Å². The normalized spacial score (nSPS) is 18.3. The number of ether oxygens (including phenoxy) is 1. The van der Waals surface area contributed by atoms with Crippen LogP contribution in [0.4, 0.5) is 15.8 Å². The van der Waals surface area contributed by atoms with Gasteiger partial charge in [-0.2, -0.15) is 0 Å². The third kappa shape index (κ3) is 4.60. The van der Waals surface area contributed by atoms with Crippen molar-refractivity contribution in [2.45, 2.75) is 18.9 Å². The molecule has 0 saturated carbocycles. The summed E-state index contributed by atoms with van der Waals surface area (Å²) in [4.78, 5) is 28.0. The van der Waals surface area contributed by atoms with Crippen LogP contribution in [0.3, 0.4) is 0 Å². The van der Waals surface area contributed by atoms with Crippen LogP contribution < -0.4 is 15.0 Å². The Morgan fingerprint density at radius 2 is 1.81 bits per heavy atom. The van der Waals surface area contributed by atoms with E-state index in [-0.39, 0.29) is 24.1 Å². The number of hydrogen-bond acceptors (Lipinski definition) is 3. The fourth-order valence-corrected chi connectivity index (χ4v) is 4.25.